The first kappa shape index (κ1) is 10.8. The van der Waals surface area contributed by atoms with E-state index in [2.05, 4.69) is 20.4 Å². The molecule has 7 nitrogen and oxygen atoms in total. The van der Waals surface area contributed by atoms with Gasteiger partial charge in [-0.2, -0.15) is 5.10 Å². The van der Waals surface area contributed by atoms with Crippen molar-refractivity contribution in [2.24, 2.45) is 7.05 Å². The molecule has 0 unspecified atom stereocenters. The van der Waals surface area contributed by atoms with E-state index in [1.165, 1.54) is 6.33 Å². The summed E-state index contributed by atoms with van der Waals surface area (Å²) < 4.78 is 1.63. The van der Waals surface area contributed by atoms with E-state index >= 15 is 0 Å². The second-order valence-electron chi connectivity index (χ2n) is 3.43. The standard InChI is InChI=1S/C9H13N5O2/c1-14-9-7(2-12-14)8(10-5-11-9)13-6(3-15)4-16/h2,5-6,15-16H,3-4H2,1H3,(H,10,11,13). The molecule has 0 saturated carbocycles. The van der Waals surface area contributed by atoms with Crippen molar-refractivity contribution in [2.45, 2.75) is 6.04 Å². The van der Waals surface area contributed by atoms with Gasteiger partial charge in [-0.25, -0.2) is 9.97 Å². The number of fused-ring (bicyclic) bond motifs is 1. The zero-order chi connectivity index (χ0) is 11.5. The highest BCUT2D eigenvalue weighted by molar-refractivity contribution is 5.86. The van der Waals surface area contributed by atoms with Crippen LogP contribution in [0.25, 0.3) is 11.0 Å². The highest BCUT2D eigenvalue weighted by Gasteiger charge is 2.11. The number of nitrogens with zero attached hydrogens (tertiary/aromatic N) is 4. The van der Waals surface area contributed by atoms with Crippen molar-refractivity contribution in [3.05, 3.63) is 12.5 Å². The molecule has 2 heterocycles. The summed E-state index contributed by atoms with van der Waals surface area (Å²) in [5.41, 5.74) is 0.701. The monoisotopic (exact) mass is 223 g/mol. The Hall–Kier alpha value is -1.73. The molecule has 0 atom stereocenters. The molecule has 0 bridgehead atoms. The first-order valence-electron chi connectivity index (χ1n) is 4.87. The topological polar surface area (TPSA) is 96.1 Å². The number of aliphatic hydroxyl groups excluding tert-OH is 2. The van der Waals surface area contributed by atoms with Gasteiger partial charge in [-0.05, 0) is 0 Å². The number of nitrogens with one attached hydrogen (secondary N) is 1. The summed E-state index contributed by atoms with van der Waals surface area (Å²) in [6.07, 6.45) is 3.06. The van der Waals surface area contributed by atoms with Crippen LogP contribution >= 0.6 is 0 Å². The molecular formula is C9H13N5O2. The fourth-order valence-corrected chi connectivity index (χ4v) is 1.42. The van der Waals surface area contributed by atoms with Gasteiger partial charge in [0.15, 0.2) is 5.65 Å². The number of aliphatic hydroxyl groups is 2. The highest BCUT2D eigenvalue weighted by Crippen LogP contribution is 2.18. The Morgan fingerprint density at radius 3 is 2.81 bits per heavy atom. The second kappa shape index (κ2) is 4.42. The molecule has 16 heavy (non-hydrogen) atoms. The second-order valence-corrected chi connectivity index (χ2v) is 3.43. The maximum atomic E-state index is 8.98. The van der Waals surface area contributed by atoms with Gasteiger partial charge in [-0.3, -0.25) is 4.68 Å². The molecule has 0 radical (unpaired) electrons. The lowest BCUT2D eigenvalue weighted by molar-refractivity contribution is 0.203. The Labute approximate surface area is 91.8 Å². The molecule has 0 fully saturated rings. The quantitative estimate of drug-likeness (QED) is 0.623. The summed E-state index contributed by atoms with van der Waals surface area (Å²) in [7, 11) is 1.79. The zero-order valence-electron chi connectivity index (χ0n) is 8.83. The molecule has 0 saturated heterocycles. The van der Waals surface area contributed by atoms with Gasteiger partial charge in [0.2, 0.25) is 0 Å². The van der Waals surface area contributed by atoms with Crippen molar-refractivity contribution in [3.63, 3.8) is 0 Å². The van der Waals surface area contributed by atoms with Crippen molar-refractivity contribution in [1.82, 2.24) is 19.7 Å². The number of hydrogen-bond acceptors (Lipinski definition) is 6. The van der Waals surface area contributed by atoms with Gasteiger partial charge >= 0.3 is 0 Å². The van der Waals surface area contributed by atoms with Crippen molar-refractivity contribution < 1.29 is 10.2 Å². The lowest BCUT2D eigenvalue weighted by Crippen LogP contribution is -2.28. The number of anilines is 1. The molecule has 0 aliphatic carbocycles. The summed E-state index contributed by atoms with van der Waals surface area (Å²) in [6.45, 7) is -0.329. The Morgan fingerprint density at radius 2 is 2.12 bits per heavy atom. The van der Waals surface area contributed by atoms with Gasteiger partial charge in [0.05, 0.1) is 30.8 Å². The number of aromatic nitrogens is 4. The smallest absolute Gasteiger partial charge is 0.163 e. The SMILES string of the molecule is Cn1ncc2c(NC(CO)CO)ncnc21. The van der Waals surface area contributed by atoms with Crippen LogP contribution in [0.5, 0.6) is 0 Å². The van der Waals surface area contributed by atoms with E-state index < -0.39 is 6.04 Å². The minimum atomic E-state index is -0.432. The number of rotatable bonds is 4. The summed E-state index contributed by atoms with van der Waals surface area (Å²) in [5, 5.41) is 25.7. The van der Waals surface area contributed by atoms with E-state index in [0.29, 0.717) is 11.5 Å². The molecule has 0 spiro atoms. The molecule has 2 rings (SSSR count). The van der Waals surface area contributed by atoms with E-state index in [9.17, 15) is 0 Å². The summed E-state index contributed by atoms with van der Waals surface area (Å²) in [4.78, 5) is 8.14. The predicted molar refractivity (Wildman–Crippen MR) is 57.9 cm³/mol. The molecule has 3 N–H and O–H groups in total. The van der Waals surface area contributed by atoms with E-state index in [1.54, 1.807) is 17.9 Å². The average molecular weight is 223 g/mol. The first-order chi connectivity index (χ1) is 7.76. The first-order valence-corrected chi connectivity index (χ1v) is 4.87. The van der Waals surface area contributed by atoms with Gasteiger partial charge < -0.3 is 15.5 Å². The highest BCUT2D eigenvalue weighted by atomic mass is 16.3. The van der Waals surface area contributed by atoms with Gasteiger partial charge in [0, 0.05) is 7.05 Å². The molecule has 0 amide bonds. The van der Waals surface area contributed by atoms with Crippen LogP contribution in [-0.4, -0.2) is 49.2 Å². The van der Waals surface area contributed by atoms with Crippen molar-refractivity contribution in [3.8, 4) is 0 Å². The van der Waals surface area contributed by atoms with Gasteiger partial charge in [-0.15, -0.1) is 0 Å². The van der Waals surface area contributed by atoms with Crippen molar-refractivity contribution in [2.75, 3.05) is 18.5 Å². The maximum Gasteiger partial charge on any atom is 0.163 e. The lowest BCUT2D eigenvalue weighted by Gasteiger charge is -2.13. The van der Waals surface area contributed by atoms with Crippen LogP contribution in [0.15, 0.2) is 12.5 Å². The molecule has 86 valence electrons. The minimum Gasteiger partial charge on any atom is -0.394 e. The number of aryl methyl sites for hydroxylation is 1. The Balaban J connectivity index is 2.37. The molecule has 0 aliphatic heterocycles. The Bertz CT molecular complexity index is 480. The minimum absolute atomic E-state index is 0.164. The van der Waals surface area contributed by atoms with Gasteiger partial charge in [0.1, 0.15) is 12.1 Å². The van der Waals surface area contributed by atoms with Crippen LogP contribution in [-0.2, 0) is 7.05 Å². The van der Waals surface area contributed by atoms with Crippen molar-refractivity contribution >= 4 is 16.9 Å². The third-order valence-corrected chi connectivity index (χ3v) is 2.31. The summed E-state index contributed by atoms with van der Waals surface area (Å²) in [5.74, 6) is 0.561. The van der Waals surface area contributed by atoms with Crippen LogP contribution in [0.2, 0.25) is 0 Å². The summed E-state index contributed by atoms with van der Waals surface area (Å²) in [6, 6.07) is -0.432. The Morgan fingerprint density at radius 1 is 1.38 bits per heavy atom. The Kier molecular flexibility index (Phi) is 2.97. The fourth-order valence-electron chi connectivity index (χ4n) is 1.42. The molecule has 2 aromatic rings. The van der Waals surface area contributed by atoms with Crippen LogP contribution in [0, 0.1) is 0 Å². The van der Waals surface area contributed by atoms with Crippen LogP contribution in [0.1, 0.15) is 0 Å². The molecule has 0 aliphatic rings. The van der Waals surface area contributed by atoms with E-state index in [0.717, 1.165) is 5.39 Å². The zero-order valence-corrected chi connectivity index (χ0v) is 8.83. The third-order valence-electron chi connectivity index (χ3n) is 2.31. The van der Waals surface area contributed by atoms with Crippen LogP contribution in [0.4, 0.5) is 5.82 Å². The molecule has 2 aromatic heterocycles. The predicted octanol–water partition coefficient (Wildman–Crippen LogP) is -0.872. The van der Waals surface area contributed by atoms with E-state index in [-0.39, 0.29) is 13.2 Å². The third kappa shape index (κ3) is 1.82. The molecule has 0 aromatic carbocycles. The summed E-state index contributed by atoms with van der Waals surface area (Å²) >= 11 is 0. The molecular weight excluding hydrogens is 210 g/mol. The normalized spacial score (nSPS) is 11.2. The van der Waals surface area contributed by atoms with Crippen LogP contribution in [0.3, 0.4) is 0 Å². The lowest BCUT2D eigenvalue weighted by atomic mass is 10.3. The largest absolute Gasteiger partial charge is 0.394 e. The maximum absolute atomic E-state index is 8.98. The fraction of sp³-hybridized carbons (Fsp3) is 0.444. The van der Waals surface area contributed by atoms with Crippen molar-refractivity contribution in [1.29, 1.82) is 0 Å². The van der Waals surface area contributed by atoms with E-state index in [4.69, 9.17) is 10.2 Å². The number of hydrogen-bond donors (Lipinski definition) is 3. The van der Waals surface area contributed by atoms with Gasteiger partial charge in [-0.1, -0.05) is 0 Å². The molecule has 7 heteroatoms. The van der Waals surface area contributed by atoms with Gasteiger partial charge in [0.25, 0.3) is 0 Å². The average Bonchev–Trinajstić information content (AvgIpc) is 2.69. The van der Waals surface area contributed by atoms with E-state index in [1.807, 2.05) is 0 Å². The van der Waals surface area contributed by atoms with Crippen LogP contribution < -0.4 is 5.32 Å².